The number of carbonyl (C=O) groups excluding carboxylic acids is 1. The van der Waals surface area contributed by atoms with E-state index in [9.17, 15) is 13.6 Å². The Labute approximate surface area is 125 Å². The highest BCUT2D eigenvalue weighted by molar-refractivity contribution is 6.32. The van der Waals surface area contributed by atoms with Crippen LogP contribution >= 0.6 is 11.6 Å². The summed E-state index contributed by atoms with van der Waals surface area (Å²) in [6.45, 7) is 2.24. The summed E-state index contributed by atoms with van der Waals surface area (Å²) in [5.41, 5.74) is -0.321. The molecule has 0 radical (unpaired) electrons. The van der Waals surface area contributed by atoms with Crippen LogP contribution in [0.3, 0.4) is 0 Å². The average Bonchev–Trinajstić information content (AvgIpc) is 2.45. The monoisotopic (exact) mass is 311 g/mol. The van der Waals surface area contributed by atoms with Gasteiger partial charge in [-0.3, -0.25) is 4.79 Å². The number of carbonyl (C=O) groups is 1. The van der Waals surface area contributed by atoms with Crippen LogP contribution in [0.15, 0.2) is 36.4 Å². The van der Waals surface area contributed by atoms with Crippen molar-refractivity contribution in [2.75, 3.05) is 11.9 Å². The lowest BCUT2D eigenvalue weighted by molar-refractivity contribution is 0.102. The van der Waals surface area contributed by atoms with Crippen molar-refractivity contribution in [3.05, 3.63) is 58.6 Å². The first-order valence-corrected chi connectivity index (χ1v) is 6.58. The van der Waals surface area contributed by atoms with E-state index in [0.717, 1.165) is 12.1 Å². The van der Waals surface area contributed by atoms with Crippen LogP contribution in [-0.2, 0) is 0 Å². The zero-order chi connectivity index (χ0) is 15.4. The number of para-hydroxylation sites is 1. The first kappa shape index (κ1) is 15.3. The van der Waals surface area contributed by atoms with E-state index in [4.69, 9.17) is 16.3 Å². The maximum absolute atomic E-state index is 13.5. The summed E-state index contributed by atoms with van der Waals surface area (Å²) in [4.78, 5) is 12.0. The van der Waals surface area contributed by atoms with Gasteiger partial charge in [0.1, 0.15) is 23.1 Å². The van der Waals surface area contributed by atoms with Crippen molar-refractivity contribution in [1.29, 1.82) is 0 Å². The third-order valence-electron chi connectivity index (χ3n) is 2.70. The minimum atomic E-state index is -0.847. The molecular weight excluding hydrogens is 300 g/mol. The second-order valence-corrected chi connectivity index (χ2v) is 4.54. The van der Waals surface area contributed by atoms with Crippen LogP contribution in [0.5, 0.6) is 5.75 Å². The van der Waals surface area contributed by atoms with Crippen LogP contribution in [0.25, 0.3) is 0 Å². The summed E-state index contributed by atoms with van der Waals surface area (Å²) in [6.07, 6.45) is 0. The van der Waals surface area contributed by atoms with Crippen LogP contribution < -0.4 is 10.1 Å². The van der Waals surface area contributed by atoms with Gasteiger partial charge in [-0.2, -0.15) is 0 Å². The van der Waals surface area contributed by atoms with E-state index in [-0.39, 0.29) is 10.6 Å². The molecule has 0 aliphatic carbocycles. The van der Waals surface area contributed by atoms with Crippen LogP contribution in [0.2, 0.25) is 5.02 Å². The molecule has 0 aliphatic rings. The molecule has 0 fully saturated rings. The molecule has 2 aromatic rings. The molecule has 0 saturated heterocycles. The second-order valence-electron chi connectivity index (χ2n) is 4.13. The SMILES string of the molecule is CCOc1ccc(C(=O)Nc2c(F)cccc2F)cc1Cl. The summed E-state index contributed by atoms with van der Waals surface area (Å²) in [7, 11) is 0. The van der Waals surface area contributed by atoms with Crippen molar-refractivity contribution in [2.24, 2.45) is 0 Å². The molecule has 0 unspecified atom stereocenters. The molecule has 2 aromatic carbocycles. The molecule has 0 saturated carbocycles. The number of nitrogens with one attached hydrogen (secondary N) is 1. The third-order valence-corrected chi connectivity index (χ3v) is 2.99. The summed E-state index contributed by atoms with van der Waals surface area (Å²) >= 11 is 5.96. The smallest absolute Gasteiger partial charge is 0.255 e. The number of anilines is 1. The molecule has 6 heteroatoms. The summed E-state index contributed by atoms with van der Waals surface area (Å²) < 4.78 is 32.2. The number of hydrogen-bond acceptors (Lipinski definition) is 2. The second kappa shape index (κ2) is 6.54. The third kappa shape index (κ3) is 3.49. The zero-order valence-corrected chi connectivity index (χ0v) is 11.9. The maximum atomic E-state index is 13.5. The highest BCUT2D eigenvalue weighted by atomic mass is 35.5. The zero-order valence-electron chi connectivity index (χ0n) is 11.1. The van der Waals surface area contributed by atoms with Gasteiger partial charge in [-0.25, -0.2) is 8.78 Å². The minimum Gasteiger partial charge on any atom is -0.492 e. The molecule has 0 heterocycles. The van der Waals surface area contributed by atoms with Gasteiger partial charge in [0.2, 0.25) is 0 Å². The molecular formula is C15H12ClF2NO2. The lowest BCUT2D eigenvalue weighted by atomic mass is 10.2. The first-order chi connectivity index (χ1) is 10.0. The molecule has 110 valence electrons. The van der Waals surface area contributed by atoms with Gasteiger partial charge < -0.3 is 10.1 Å². The van der Waals surface area contributed by atoms with Gasteiger partial charge in [0.25, 0.3) is 5.91 Å². The lowest BCUT2D eigenvalue weighted by Crippen LogP contribution is -2.14. The number of rotatable bonds is 4. The van der Waals surface area contributed by atoms with Crippen molar-refractivity contribution < 1.29 is 18.3 Å². The number of amides is 1. The predicted octanol–water partition coefficient (Wildman–Crippen LogP) is 4.27. The van der Waals surface area contributed by atoms with Gasteiger partial charge in [-0.15, -0.1) is 0 Å². The fourth-order valence-corrected chi connectivity index (χ4v) is 1.95. The van der Waals surface area contributed by atoms with Crippen molar-refractivity contribution in [3.8, 4) is 5.75 Å². The standard InChI is InChI=1S/C15H12ClF2NO2/c1-2-21-13-7-6-9(8-10(13)16)15(20)19-14-11(17)4-3-5-12(14)18/h3-8H,2H2,1H3,(H,19,20). The number of halogens is 3. The Morgan fingerprint density at radius 2 is 1.90 bits per heavy atom. The van der Waals surface area contributed by atoms with Gasteiger partial charge in [0, 0.05) is 5.56 Å². The summed E-state index contributed by atoms with van der Waals surface area (Å²) in [5.74, 6) is -1.92. The molecule has 3 nitrogen and oxygen atoms in total. The molecule has 0 aromatic heterocycles. The average molecular weight is 312 g/mol. The molecule has 1 N–H and O–H groups in total. The number of benzene rings is 2. The van der Waals surface area contributed by atoms with E-state index in [1.807, 2.05) is 0 Å². The van der Waals surface area contributed by atoms with Crippen LogP contribution in [0, 0.1) is 11.6 Å². The highest BCUT2D eigenvalue weighted by Gasteiger charge is 2.14. The van der Waals surface area contributed by atoms with E-state index < -0.39 is 23.2 Å². The van der Waals surface area contributed by atoms with E-state index in [1.54, 1.807) is 6.92 Å². The molecule has 0 bridgehead atoms. The number of hydrogen-bond donors (Lipinski definition) is 1. The Morgan fingerprint density at radius 3 is 2.48 bits per heavy atom. The molecule has 0 spiro atoms. The molecule has 2 rings (SSSR count). The van der Waals surface area contributed by atoms with Crippen molar-refractivity contribution in [3.63, 3.8) is 0 Å². The Kier molecular flexibility index (Phi) is 4.75. The fraction of sp³-hybridized carbons (Fsp3) is 0.133. The van der Waals surface area contributed by atoms with Gasteiger partial charge in [0.05, 0.1) is 11.6 Å². The quantitative estimate of drug-likeness (QED) is 0.915. The molecule has 1 amide bonds. The predicted molar refractivity (Wildman–Crippen MR) is 76.9 cm³/mol. The van der Waals surface area contributed by atoms with Gasteiger partial charge in [-0.1, -0.05) is 17.7 Å². The Hall–Kier alpha value is -2.14. The molecule has 21 heavy (non-hydrogen) atoms. The maximum Gasteiger partial charge on any atom is 0.255 e. The van der Waals surface area contributed by atoms with Crippen molar-refractivity contribution in [2.45, 2.75) is 6.92 Å². The Balaban J connectivity index is 2.23. The van der Waals surface area contributed by atoms with Gasteiger partial charge in [-0.05, 0) is 37.3 Å². The van der Waals surface area contributed by atoms with E-state index in [2.05, 4.69) is 5.32 Å². The van der Waals surface area contributed by atoms with E-state index in [1.165, 1.54) is 24.3 Å². The number of ether oxygens (including phenoxy) is 1. The molecule has 0 atom stereocenters. The van der Waals surface area contributed by atoms with Gasteiger partial charge >= 0.3 is 0 Å². The largest absolute Gasteiger partial charge is 0.492 e. The Bertz CT molecular complexity index is 656. The fourth-order valence-electron chi connectivity index (χ4n) is 1.72. The normalized spacial score (nSPS) is 10.3. The highest BCUT2D eigenvalue weighted by Crippen LogP contribution is 2.26. The lowest BCUT2D eigenvalue weighted by Gasteiger charge is -2.09. The van der Waals surface area contributed by atoms with Crippen LogP contribution in [-0.4, -0.2) is 12.5 Å². The first-order valence-electron chi connectivity index (χ1n) is 6.20. The Morgan fingerprint density at radius 1 is 1.24 bits per heavy atom. The van der Waals surface area contributed by atoms with Crippen LogP contribution in [0.4, 0.5) is 14.5 Å². The topological polar surface area (TPSA) is 38.3 Å². The summed E-state index contributed by atoms with van der Waals surface area (Å²) in [6, 6.07) is 7.70. The molecule has 0 aliphatic heterocycles. The van der Waals surface area contributed by atoms with E-state index in [0.29, 0.717) is 12.4 Å². The van der Waals surface area contributed by atoms with Crippen LogP contribution in [0.1, 0.15) is 17.3 Å². The minimum absolute atomic E-state index is 0.172. The van der Waals surface area contributed by atoms with E-state index >= 15 is 0 Å². The van der Waals surface area contributed by atoms with Crippen molar-refractivity contribution >= 4 is 23.2 Å². The summed E-state index contributed by atoms with van der Waals surface area (Å²) in [5, 5.41) is 2.43. The van der Waals surface area contributed by atoms with Gasteiger partial charge in [0.15, 0.2) is 0 Å². The van der Waals surface area contributed by atoms with Crippen molar-refractivity contribution in [1.82, 2.24) is 0 Å².